The highest BCUT2D eigenvalue weighted by molar-refractivity contribution is 7.99. The molecular weight excluding hydrogens is 376 g/mol. The molecule has 3 aromatic rings. The van der Waals surface area contributed by atoms with Gasteiger partial charge in [-0.3, -0.25) is 9.36 Å². The summed E-state index contributed by atoms with van der Waals surface area (Å²) in [6, 6.07) is 15.4. The molecule has 1 aliphatic rings. The number of thioether (sulfide) groups is 1. The van der Waals surface area contributed by atoms with Crippen LogP contribution in [0.15, 0.2) is 53.7 Å². The standard InChI is InChI=1S/C20H16N4O3S/c1-2-10-21-18(25)12-28-20-23-22-19(24(20)15-6-4-3-5-7-15)14-8-9-16-17(11-14)27-13-26-16/h1,3-9,11H,10,12-13H2,(H,21,25). The van der Waals surface area contributed by atoms with Gasteiger partial charge in [-0.2, -0.15) is 0 Å². The molecule has 1 aliphatic heterocycles. The quantitative estimate of drug-likeness (QED) is 0.513. The maximum absolute atomic E-state index is 11.9. The lowest BCUT2D eigenvalue weighted by Gasteiger charge is -2.10. The van der Waals surface area contributed by atoms with E-state index in [1.54, 1.807) is 0 Å². The fourth-order valence-corrected chi connectivity index (χ4v) is 3.51. The summed E-state index contributed by atoms with van der Waals surface area (Å²) in [7, 11) is 0. The Morgan fingerprint density at radius 2 is 2.00 bits per heavy atom. The third-order valence-electron chi connectivity index (χ3n) is 4.00. The number of para-hydroxylation sites is 1. The minimum atomic E-state index is -0.157. The molecule has 2 aromatic carbocycles. The Labute approximate surface area is 166 Å². The van der Waals surface area contributed by atoms with Crippen LogP contribution in [0.5, 0.6) is 11.5 Å². The number of hydrogen-bond donors (Lipinski definition) is 1. The molecule has 2 heterocycles. The number of aromatic nitrogens is 3. The lowest BCUT2D eigenvalue weighted by Crippen LogP contribution is -2.25. The monoisotopic (exact) mass is 392 g/mol. The molecule has 0 saturated carbocycles. The molecule has 28 heavy (non-hydrogen) atoms. The van der Waals surface area contributed by atoms with Gasteiger partial charge in [0.2, 0.25) is 12.7 Å². The first kappa shape index (κ1) is 17.9. The molecule has 0 radical (unpaired) electrons. The van der Waals surface area contributed by atoms with Gasteiger partial charge in [0.1, 0.15) is 0 Å². The van der Waals surface area contributed by atoms with E-state index in [0.717, 1.165) is 11.3 Å². The largest absolute Gasteiger partial charge is 0.454 e. The minimum absolute atomic E-state index is 0.157. The second kappa shape index (κ2) is 8.06. The van der Waals surface area contributed by atoms with Gasteiger partial charge < -0.3 is 14.8 Å². The predicted octanol–water partition coefficient (Wildman–Crippen LogP) is 2.50. The topological polar surface area (TPSA) is 78.3 Å². The summed E-state index contributed by atoms with van der Waals surface area (Å²) in [5.74, 6) is 4.44. The van der Waals surface area contributed by atoms with E-state index in [0.29, 0.717) is 22.5 Å². The zero-order valence-corrected chi connectivity index (χ0v) is 15.6. The number of terminal acetylenes is 1. The second-order valence-electron chi connectivity index (χ2n) is 5.81. The number of fused-ring (bicyclic) bond motifs is 1. The second-order valence-corrected chi connectivity index (χ2v) is 6.76. The van der Waals surface area contributed by atoms with Crippen LogP contribution in [0.3, 0.4) is 0 Å². The van der Waals surface area contributed by atoms with Crippen LogP contribution in [0, 0.1) is 12.3 Å². The Hall–Kier alpha value is -3.44. The van der Waals surface area contributed by atoms with E-state index in [9.17, 15) is 4.79 Å². The van der Waals surface area contributed by atoms with Crippen LogP contribution in [0.25, 0.3) is 17.1 Å². The maximum Gasteiger partial charge on any atom is 0.231 e. The summed E-state index contributed by atoms with van der Waals surface area (Å²) < 4.78 is 12.8. The number of ether oxygens (including phenoxy) is 2. The van der Waals surface area contributed by atoms with E-state index in [2.05, 4.69) is 21.4 Å². The summed E-state index contributed by atoms with van der Waals surface area (Å²) in [5, 5.41) is 11.9. The summed E-state index contributed by atoms with van der Waals surface area (Å²) in [6.45, 7) is 0.408. The smallest absolute Gasteiger partial charge is 0.231 e. The van der Waals surface area contributed by atoms with Crippen molar-refractivity contribution in [2.45, 2.75) is 5.16 Å². The fourth-order valence-electron chi connectivity index (χ4n) is 2.73. The van der Waals surface area contributed by atoms with E-state index in [1.165, 1.54) is 11.8 Å². The van der Waals surface area contributed by atoms with Crippen molar-refractivity contribution in [2.75, 3.05) is 19.1 Å². The van der Waals surface area contributed by atoms with Gasteiger partial charge in [-0.25, -0.2) is 0 Å². The Kier molecular flexibility index (Phi) is 5.17. The number of carbonyl (C=O) groups excluding carboxylic acids is 1. The molecule has 0 unspecified atom stereocenters. The van der Waals surface area contributed by atoms with Crippen LogP contribution in [0.2, 0.25) is 0 Å². The molecule has 0 saturated heterocycles. The van der Waals surface area contributed by atoms with Gasteiger partial charge in [0.15, 0.2) is 22.5 Å². The van der Waals surface area contributed by atoms with Gasteiger partial charge in [-0.05, 0) is 30.3 Å². The van der Waals surface area contributed by atoms with E-state index < -0.39 is 0 Å². The third kappa shape index (κ3) is 3.66. The van der Waals surface area contributed by atoms with Crippen LogP contribution in [-0.2, 0) is 4.79 Å². The van der Waals surface area contributed by atoms with Gasteiger partial charge >= 0.3 is 0 Å². The van der Waals surface area contributed by atoms with Crippen molar-refractivity contribution in [1.29, 1.82) is 0 Å². The number of amides is 1. The first-order chi connectivity index (χ1) is 13.8. The average Bonchev–Trinajstić information content (AvgIpc) is 3.37. The van der Waals surface area contributed by atoms with Crippen LogP contribution < -0.4 is 14.8 Å². The molecule has 0 aliphatic carbocycles. The molecule has 1 amide bonds. The molecule has 140 valence electrons. The van der Waals surface area contributed by atoms with Crippen molar-refractivity contribution in [3.63, 3.8) is 0 Å². The highest BCUT2D eigenvalue weighted by Gasteiger charge is 2.20. The van der Waals surface area contributed by atoms with Gasteiger partial charge in [0, 0.05) is 11.3 Å². The van der Waals surface area contributed by atoms with Crippen molar-refractivity contribution in [3.8, 4) is 40.9 Å². The number of nitrogens with zero attached hydrogens (tertiary/aromatic N) is 3. The van der Waals surface area contributed by atoms with Gasteiger partial charge in [-0.15, -0.1) is 16.6 Å². The molecule has 0 bridgehead atoms. The Morgan fingerprint density at radius 3 is 2.82 bits per heavy atom. The molecule has 1 N–H and O–H groups in total. The lowest BCUT2D eigenvalue weighted by molar-refractivity contribution is -0.118. The maximum atomic E-state index is 11.9. The fraction of sp³-hybridized carbons (Fsp3) is 0.150. The number of hydrogen-bond acceptors (Lipinski definition) is 6. The normalized spacial score (nSPS) is 11.8. The third-order valence-corrected chi connectivity index (χ3v) is 4.93. The Balaban J connectivity index is 1.68. The zero-order chi connectivity index (χ0) is 19.3. The molecule has 0 atom stereocenters. The first-order valence-corrected chi connectivity index (χ1v) is 9.48. The lowest BCUT2D eigenvalue weighted by atomic mass is 10.2. The molecule has 4 rings (SSSR count). The van der Waals surface area contributed by atoms with Crippen molar-refractivity contribution in [1.82, 2.24) is 20.1 Å². The minimum Gasteiger partial charge on any atom is -0.454 e. The summed E-state index contributed by atoms with van der Waals surface area (Å²) in [4.78, 5) is 11.9. The molecule has 8 heteroatoms. The Morgan fingerprint density at radius 1 is 1.18 bits per heavy atom. The SMILES string of the molecule is C#CCNC(=O)CSc1nnc(-c2ccc3c(c2)OCO3)n1-c1ccccc1. The summed E-state index contributed by atoms with van der Waals surface area (Å²) in [6.07, 6.45) is 5.17. The van der Waals surface area contributed by atoms with E-state index in [1.807, 2.05) is 53.1 Å². The van der Waals surface area contributed by atoms with Crippen molar-refractivity contribution < 1.29 is 14.3 Å². The van der Waals surface area contributed by atoms with Crippen molar-refractivity contribution in [3.05, 3.63) is 48.5 Å². The van der Waals surface area contributed by atoms with Crippen molar-refractivity contribution in [2.24, 2.45) is 0 Å². The van der Waals surface area contributed by atoms with Crippen LogP contribution in [-0.4, -0.2) is 39.8 Å². The number of rotatable bonds is 6. The number of carbonyl (C=O) groups is 1. The van der Waals surface area contributed by atoms with E-state index in [4.69, 9.17) is 15.9 Å². The van der Waals surface area contributed by atoms with E-state index >= 15 is 0 Å². The van der Waals surface area contributed by atoms with Crippen molar-refractivity contribution >= 4 is 17.7 Å². The Bertz CT molecular complexity index is 1040. The molecule has 7 nitrogen and oxygen atoms in total. The summed E-state index contributed by atoms with van der Waals surface area (Å²) in [5.41, 5.74) is 1.73. The molecule has 1 aromatic heterocycles. The average molecular weight is 392 g/mol. The van der Waals surface area contributed by atoms with Crippen LogP contribution in [0.1, 0.15) is 0 Å². The molecule has 0 fully saturated rings. The first-order valence-electron chi connectivity index (χ1n) is 8.50. The summed E-state index contributed by atoms with van der Waals surface area (Å²) >= 11 is 1.29. The van der Waals surface area contributed by atoms with Crippen LogP contribution >= 0.6 is 11.8 Å². The van der Waals surface area contributed by atoms with Gasteiger partial charge in [-0.1, -0.05) is 35.9 Å². The highest BCUT2D eigenvalue weighted by Crippen LogP contribution is 2.36. The molecule has 0 spiro atoms. The highest BCUT2D eigenvalue weighted by atomic mass is 32.2. The van der Waals surface area contributed by atoms with Gasteiger partial charge in [0.25, 0.3) is 0 Å². The predicted molar refractivity (Wildman–Crippen MR) is 105 cm³/mol. The van der Waals surface area contributed by atoms with Gasteiger partial charge in [0.05, 0.1) is 12.3 Å². The van der Waals surface area contributed by atoms with Crippen LogP contribution in [0.4, 0.5) is 0 Å². The molecular formula is C20H16N4O3S. The number of benzene rings is 2. The zero-order valence-electron chi connectivity index (χ0n) is 14.8. The number of nitrogens with one attached hydrogen (secondary N) is 1. The van der Waals surface area contributed by atoms with E-state index in [-0.39, 0.29) is 25.0 Å².